The average Bonchev–Trinajstić information content (AvgIpc) is 2.18. The standard InChI is InChI=1S/C11H12ClFO2/c1-7(2)6-15-11(14)9-5-8(12)3-4-10(9)13/h3-5,7H,6H2,1-2H3. The Morgan fingerprint density at radius 1 is 1.53 bits per heavy atom. The van der Waals surface area contributed by atoms with Crippen LogP contribution in [0.2, 0.25) is 5.02 Å². The summed E-state index contributed by atoms with van der Waals surface area (Å²) in [5.41, 5.74) is -0.122. The lowest BCUT2D eigenvalue weighted by atomic mass is 10.2. The van der Waals surface area contributed by atoms with E-state index >= 15 is 0 Å². The van der Waals surface area contributed by atoms with Gasteiger partial charge in [0.25, 0.3) is 0 Å². The minimum atomic E-state index is -0.677. The van der Waals surface area contributed by atoms with Crippen molar-refractivity contribution in [3.05, 3.63) is 34.6 Å². The number of ether oxygens (including phenoxy) is 1. The Hall–Kier alpha value is -1.09. The molecule has 0 unspecified atom stereocenters. The van der Waals surface area contributed by atoms with Crippen molar-refractivity contribution < 1.29 is 13.9 Å². The molecule has 4 heteroatoms. The van der Waals surface area contributed by atoms with Crippen LogP contribution < -0.4 is 0 Å². The van der Waals surface area contributed by atoms with Gasteiger partial charge in [0.05, 0.1) is 12.2 Å². The van der Waals surface area contributed by atoms with Crippen LogP contribution in [0, 0.1) is 11.7 Å². The molecular weight excluding hydrogens is 219 g/mol. The van der Waals surface area contributed by atoms with Crippen LogP contribution in [0.25, 0.3) is 0 Å². The zero-order valence-electron chi connectivity index (χ0n) is 8.59. The van der Waals surface area contributed by atoms with Crippen LogP contribution in [0.1, 0.15) is 24.2 Å². The first-order valence-electron chi connectivity index (χ1n) is 4.63. The molecule has 0 fully saturated rings. The van der Waals surface area contributed by atoms with Gasteiger partial charge >= 0.3 is 5.97 Å². The molecular formula is C11H12ClFO2. The molecule has 0 aromatic heterocycles. The smallest absolute Gasteiger partial charge is 0.341 e. The molecule has 0 saturated carbocycles. The van der Waals surface area contributed by atoms with Gasteiger partial charge in [-0.1, -0.05) is 25.4 Å². The molecule has 0 spiro atoms. The Kier molecular flexibility index (Phi) is 4.09. The second-order valence-corrected chi connectivity index (χ2v) is 4.05. The molecule has 1 aromatic rings. The lowest BCUT2D eigenvalue weighted by molar-refractivity contribution is 0.0453. The number of halogens is 2. The second kappa shape index (κ2) is 5.12. The summed E-state index contributed by atoms with van der Waals surface area (Å²) in [4.78, 5) is 11.4. The van der Waals surface area contributed by atoms with Crippen molar-refractivity contribution in [3.63, 3.8) is 0 Å². The minimum absolute atomic E-state index is 0.122. The Morgan fingerprint density at radius 3 is 2.80 bits per heavy atom. The number of esters is 1. The van der Waals surface area contributed by atoms with Crippen molar-refractivity contribution in [2.75, 3.05) is 6.61 Å². The first-order valence-corrected chi connectivity index (χ1v) is 5.00. The predicted molar refractivity (Wildman–Crippen MR) is 56.5 cm³/mol. The molecule has 0 atom stereocenters. The van der Waals surface area contributed by atoms with Crippen molar-refractivity contribution in [2.45, 2.75) is 13.8 Å². The van der Waals surface area contributed by atoms with Crippen molar-refractivity contribution >= 4 is 17.6 Å². The number of rotatable bonds is 3. The highest BCUT2D eigenvalue weighted by Gasteiger charge is 2.13. The molecule has 1 aromatic carbocycles. The van der Waals surface area contributed by atoms with E-state index < -0.39 is 11.8 Å². The van der Waals surface area contributed by atoms with E-state index in [0.29, 0.717) is 5.02 Å². The van der Waals surface area contributed by atoms with E-state index in [4.69, 9.17) is 16.3 Å². The van der Waals surface area contributed by atoms with Gasteiger partial charge in [0.1, 0.15) is 5.82 Å². The van der Waals surface area contributed by atoms with Gasteiger partial charge in [0.2, 0.25) is 0 Å². The lowest BCUT2D eigenvalue weighted by Crippen LogP contribution is -2.11. The molecule has 2 nitrogen and oxygen atoms in total. The Labute approximate surface area is 93.0 Å². The largest absolute Gasteiger partial charge is 0.462 e. The van der Waals surface area contributed by atoms with Crippen LogP contribution in [0.15, 0.2) is 18.2 Å². The van der Waals surface area contributed by atoms with Crippen LogP contribution in [-0.4, -0.2) is 12.6 Å². The van der Waals surface area contributed by atoms with Gasteiger partial charge in [-0.05, 0) is 24.1 Å². The Morgan fingerprint density at radius 2 is 2.20 bits per heavy atom. The van der Waals surface area contributed by atoms with Gasteiger partial charge in [-0.3, -0.25) is 0 Å². The fourth-order valence-electron chi connectivity index (χ4n) is 0.974. The van der Waals surface area contributed by atoms with E-state index in [0.717, 1.165) is 6.07 Å². The van der Waals surface area contributed by atoms with Gasteiger partial charge in [0.15, 0.2) is 0 Å². The number of carbonyl (C=O) groups is 1. The van der Waals surface area contributed by atoms with Crippen LogP contribution in [0.3, 0.4) is 0 Å². The van der Waals surface area contributed by atoms with Crippen molar-refractivity contribution in [2.24, 2.45) is 5.92 Å². The van der Waals surface area contributed by atoms with Crippen molar-refractivity contribution in [3.8, 4) is 0 Å². The topological polar surface area (TPSA) is 26.3 Å². The summed E-state index contributed by atoms with van der Waals surface area (Å²) >= 11 is 5.65. The second-order valence-electron chi connectivity index (χ2n) is 3.62. The minimum Gasteiger partial charge on any atom is -0.462 e. The summed E-state index contributed by atoms with van der Waals surface area (Å²) in [6.07, 6.45) is 0. The van der Waals surface area contributed by atoms with E-state index in [2.05, 4.69) is 0 Å². The average molecular weight is 231 g/mol. The molecule has 0 radical (unpaired) electrons. The summed E-state index contributed by atoms with van der Waals surface area (Å²) in [6.45, 7) is 4.08. The third-order valence-electron chi connectivity index (χ3n) is 1.70. The number of hydrogen-bond acceptors (Lipinski definition) is 2. The highest BCUT2D eigenvalue weighted by Crippen LogP contribution is 2.16. The highest BCUT2D eigenvalue weighted by atomic mass is 35.5. The molecule has 15 heavy (non-hydrogen) atoms. The van der Waals surface area contributed by atoms with Crippen LogP contribution >= 0.6 is 11.6 Å². The number of hydrogen-bond donors (Lipinski definition) is 0. The molecule has 0 aliphatic carbocycles. The molecule has 0 heterocycles. The maximum atomic E-state index is 13.2. The maximum Gasteiger partial charge on any atom is 0.341 e. The molecule has 82 valence electrons. The maximum absolute atomic E-state index is 13.2. The third kappa shape index (κ3) is 3.51. The fraction of sp³-hybridized carbons (Fsp3) is 0.364. The molecule has 0 bridgehead atoms. The number of carbonyl (C=O) groups excluding carboxylic acids is 1. The summed E-state index contributed by atoms with van der Waals surface area (Å²) in [5, 5.41) is 0.313. The van der Waals surface area contributed by atoms with Gasteiger partial charge in [-0.25, -0.2) is 9.18 Å². The van der Waals surface area contributed by atoms with E-state index in [-0.39, 0.29) is 18.1 Å². The Bertz CT molecular complexity index is 364. The van der Waals surface area contributed by atoms with Crippen LogP contribution in [-0.2, 0) is 4.74 Å². The third-order valence-corrected chi connectivity index (χ3v) is 1.93. The van der Waals surface area contributed by atoms with E-state index in [1.54, 1.807) is 0 Å². The zero-order chi connectivity index (χ0) is 11.4. The number of benzene rings is 1. The lowest BCUT2D eigenvalue weighted by Gasteiger charge is -2.07. The quantitative estimate of drug-likeness (QED) is 0.745. The molecule has 0 saturated heterocycles. The molecule has 0 N–H and O–H groups in total. The predicted octanol–water partition coefficient (Wildman–Crippen LogP) is 3.29. The van der Waals surface area contributed by atoms with Gasteiger partial charge in [-0.15, -0.1) is 0 Å². The van der Waals surface area contributed by atoms with E-state index in [9.17, 15) is 9.18 Å². The van der Waals surface area contributed by atoms with Gasteiger partial charge in [-0.2, -0.15) is 0 Å². The van der Waals surface area contributed by atoms with Crippen molar-refractivity contribution in [1.29, 1.82) is 0 Å². The van der Waals surface area contributed by atoms with E-state index in [1.165, 1.54) is 12.1 Å². The summed E-state index contributed by atoms with van der Waals surface area (Å²) in [6, 6.07) is 3.80. The van der Waals surface area contributed by atoms with E-state index in [1.807, 2.05) is 13.8 Å². The van der Waals surface area contributed by atoms with Crippen molar-refractivity contribution in [1.82, 2.24) is 0 Å². The summed E-state index contributed by atoms with van der Waals surface area (Å²) in [7, 11) is 0. The highest BCUT2D eigenvalue weighted by molar-refractivity contribution is 6.30. The Balaban J connectivity index is 2.77. The SMILES string of the molecule is CC(C)COC(=O)c1cc(Cl)ccc1F. The first kappa shape index (κ1) is 12.0. The first-order chi connectivity index (χ1) is 7.00. The molecule has 1 rings (SSSR count). The molecule has 0 aliphatic rings. The van der Waals surface area contributed by atoms with Crippen LogP contribution in [0.5, 0.6) is 0 Å². The molecule has 0 amide bonds. The van der Waals surface area contributed by atoms with Crippen LogP contribution in [0.4, 0.5) is 4.39 Å². The fourth-order valence-corrected chi connectivity index (χ4v) is 1.15. The summed E-state index contributed by atoms with van der Waals surface area (Å²) < 4.78 is 18.1. The van der Waals surface area contributed by atoms with Gasteiger partial charge < -0.3 is 4.74 Å². The zero-order valence-corrected chi connectivity index (χ0v) is 9.34. The molecule has 0 aliphatic heterocycles. The van der Waals surface area contributed by atoms with Gasteiger partial charge in [0, 0.05) is 5.02 Å². The summed E-state index contributed by atoms with van der Waals surface area (Å²) in [5.74, 6) is -1.08. The normalized spacial score (nSPS) is 10.5. The monoisotopic (exact) mass is 230 g/mol.